The van der Waals surface area contributed by atoms with E-state index in [1.807, 2.05) is 6.07 Å². The molecule has 2 saturated heterocycles. The third kappa shape index (κ3) is 10.1. The Kier molecular flexibility index (Phi) is 13.5. The fourth-order valence-electron chi connectivity index (χ4n) is 9.09. The lowest BCUT2D eigenvalue weighted by Crippen LogP contribution is -2.44. The largest absolute Gasteiger partial charge is 0.494 e. The highest BCUT2D eigenvalue weighted by Gasteiger charge is 2.36. The van der Waals surface area contributed by atoms with Gasteiger partial charge in [-0.05, 0) is 126 Å². The molecule has 18 heteroatoms. The van der Waals surface area contributed by atoms with Crippen molar-refractivity contribution in [2.75, 3.05) is 72.5 Å². The lowest BCUT2D eigenvalue weighted by molar-refractivity contribution is -0.134. The van der Waals surface area contributed by atoms with Gasteiger partial charge in [0, 0.05) is 68.7 Å². The Bertz CT molecular complexity index is 2480. The number of amides is 2. The van der Waals surface area contributed by atoms with Gasteiger partial charge in [0.1, 0.15) is 23.2 Å². The Balaban J connectivity index is 0.842. The summed E-state index contributed by atoms with van der Waals surface area (Å²) in [7, 11) is -1.83. The van der Waals surface area contributed by atoms with Crippen molar-refractivity contribution < 1.29 is 31.5 Å². The Labute approximate surface area is 375 Å². The van der Waals surface area contributed by atoms with E-state index in [4.69, 9.17) is 9.72 Å². The van der Waals surface area contributed by atoms with Gasteiger partial charge in [-0.3, -0.25) is 19.2 Å². The SMILES string of the molecule is CCc1cc(Nc2ncc(Br)c(Nc3ccc(C4CC4)c4c3N(S(C)(=O)=O)CC4)n2)c(OC)cc1N1CCC(NCCNCCc2cc(F)c(C3CCC(=O)NC3=O)c(F)c2)CC1. The molecule has 8 rings (SSSR count). The van der Waals surface area contributed by atoms with Gasteiger partial charge in [0.2, 0.25) is 27.8 Å². The predicted molar refractivity (Wildman–Crippen MR) is 244 cm³/mol. The van der Waals surface area contributed by atoms with Crippen LogP contribution in [0.2, 0.25) is 0 Å². The quantitative estimate of drug-likeness (QED) is 0.0563. The molecule has 1 aliphatic carbocycles. The number of nitrogens with zero attached hydrogens (tertiary/aromatic N) is 4. The highest BCUT2D eigenvalue weighted by Crippen LogP contribution is 2.49. The van der Waals surface area contributed by atoms with Crippen LogP contribution >= 0.6 is 15.9 Å². The Morgan fingerprint density at radius 2 is 1.70 bits per heavy atom. The van der Waals surface area contributed by atoms with Crippen molar-refractivity contribution >= 4 is 72.3 Å². The number of ether oxygens (including phenoxy) is 1. The maximum absolute atomic E-state index is 14.9. The maximum atomic E-state index is 14.9. The van der Waals surface area contributed by atoms with E-state index in [1.54, 1.807) is 13.3 Å². The molecular formula is C45H54BrF2N9O5S. The molecule has 4 aromatic rings. The predicted octanol–water partition coefficient (Wildman–Crippen LogP) is 6.69. The van der Waals surface area contributed by atoms with Crippen molar-refractivity contribution in [1.82, 2.24) is 25.9 Å². The van der Waals surface area contributed by atoms with Crippen LogP contribution in [0.3, 0.4) is 0 Å². The van der Waals surface area contributed by atoms with Gasteiger partial charge in [-0.15, -0.1) is 0 Å². The summed E-state index contributed by atoms with van der Waals surface area (Å²) in [5.41, 5.74) is 6.93. The molecule has 1 unspecified atom stereocenters. The standard InChI is InChI=1S/C45H54BrF2N9O5S/c1-4-27-23-37(53-45-51-25-33(46)43(55-45)52-36-9-7-30(28-5-6-28)31-14-20-57(42(31)36)63(3,60)61)39(62-2)24-38(27)56-18-12-29(13-19-56)50-17-16-49-15-11-26-21-34(47)41(35(48)22-26)32-8-10-40(58)54-44(32)59/h7,9,21-25,28-29,32,49-50H,4-6,8,10-20H2,1-3H3,(H,54,58,59)(H2,51,52,53,55). The molecule has 63 heavy (non-hydrogen) atoms. The van der Waals surface area contributed by atoms with Crippen molar-refractivity contribution in [3.05, 3.63) is 86.5 Å². The number of aromatic nitrogens is 2. The second kappa shape index (κ2) is 19.1. The van der Waals surface area contributed by atoms with E-state index >= 15 is 0 Å². The average Bonchev–Trinajstić information content (AvgIpc) is 3.99. The summed E-state index contributed by atoms with van der Waals surface area (Å²) in [5.74, 6) is -1.62. The first kappa shape index (κ1) is 44.7. The van der Waals surface area contributed by atoms with Crippen molar-refractivity contribution in [3.63, 3.8) is 0 Å². The summed E-state index contributed by atoms with van der Waals surface area (Å²) < 4.78 is 63.5. The van der Waals surface area contributed by atoms with Crippen molar-refractivity contribution in [1.29, 1.82) is 0 Å². The number of methoxy groups -OCH3 is 1. The number of hydrogen-bond acceptors (Lipinski definition) is 12. The van der Waals surface area contributed by atoms with Crippen LogP contribution in [0.4, 0.5) is 43.3 Å². The number of halogens is 3. The number of benzene rings is 3. The number of carbonyl (C=O) groups excluding carboxylic acids is 2. The fraction of sp³-hybridized carbons (Fsp3) is 0.467. The molecule has 3 aromatic carbocycles. The summed E-state index contributed by atoms with van der Waals surface area (Å²) in [6, 6.07) is 11.1. The zero-order valence-electron chi connectivity index (χ0n) is 35.8. The van der Waals surface area contributed by atoms with Crippen molar-refractivity contribution in [2.45, 2.75) is 82.6 Å². The highest BCUT2D eigenvalue weighted by atomic mass is 79.9. The molecule has 1 aromatic heterocycles. The molecule has 3 fully saturated rings. The zero-order chi connectivity index (χ0) is 44.4. The van der Waals surface area contributed by atoms with Crippen LogP contribution in [0.1, 0.15) is 85.1 Å². The van der Waals surface area contributed by atoms with Gasteiger partial charge in [0.15, 0.2) is 0 Å². The fourth-order valence-corrected chi connectivity index (χ4v) is 10.3. The monoisotopic (exact) mass is 949 g/mol. The smallest absolute Gasteiger partial charge is 0.234 e. The number of anilines is 6. The molecule has 3 aliphatic heterocycles. The molecular weight excluding hydrogens is 897 g/mol. The first-order valence-electron chi connectivity index (χ1n) is 21.7. The number of rotatable bonds is 17. The molecule has 0 radical (unpaired) electrons. The number of carbonyl (C=O) groups is 2. The van der Waals surface area contributed by atoms with Crippen LogP contribution in [0, 0.1) is 11.6 Å². The Morgan fingerprint density at radius 3 is 2.38 bits per heavy atom. The van der Waals surface area contributed by atoms with E-state index < -0.39 is 39.4 Å². The van der Waals surface area contributed by atoms with Crippen LogP contribution in [0.5, 0.6) is 5.75 Å². The number of aryl methyl sites for hydroxylation is 1. The molecule has 0 spiro atoms. The summed E-state index contributed by atoms with van der Waals surface area (Å²) >= 11 is 3.59. The van der Waals surface area contributed by atoms with E-state index in [0.717, 1.165) is 74.2 Å². The van der Waals surface area contributed by atoms with Crippen LogP contribution in [0.25, 0.3) is 0 Å². The van der Waals surface area contributed by atoms with Gasteiger partial charge in [0.05, 0.1) is 40.8 Å². The van der Waals surface area contributed by atoms with E-state index in [2.05, 4.69) is 77.5 Å². The van der Waals surface area contributed by atoms with Crippen LogP contribution < -0.4 is 40.5 Å². The van der Waals surface area contributed by atoms with Gasteiger partial charge < -0.3 is 30.9 Å². The van der Waals surface area contributed by atoms with Gasteiger partial charge in [-0.25, -0.2) is 22.2 Å². The third-order valence-electron chi connectivity index (χ3n) is 12.5. The second-order valence-corrected chi connectivity index (χ2v) is 19.5. The molecule has 336 valence electrons. The third-order valence-corrected chi connectivity index (χ3v) is 14.2. The summed E-state index contributed by atoms with van der Waals surface area (Å²) in [6.07, 6.45) is 9.14. The normalized spacial score (nSPS) is 18.1. The van der Waals surface area contributed by atoms with E-state index in [9.17, 15) is 26.8 Å². The second-order valence-electron chi connectivity index (χ2n) is 16.8. The molecule has 4 aliphatic rings. The molecule has 2 amide bonds. The topological polar surface area (TPSA) is 170 Å². The van der Waals surface area contributed by atoms with Crippen molar-refractivity contribution in [3.8, 4) is 5.75 Å². The first-order chi connectivity index (χ1) is 30.3. The minimum atomic E-state index is -3.48. The van der Waals surface area contributed by atoms with Crippen LogP contribution in [-0.2, 0) is 38.9 Å². The molecule has 5 N–H and O–H groups in total. The summed E-state index contributed by atoms with van der Waals surface area (Å²) in [6.45, 7) is 6.27. The molecule has 1 saturated carbocycles. The summed E-state index contributed by atoms with van der Waals surface area (Å²) in [4.78, 5) is 35.4. The number of imide groups is 1. The Hall–Kier alpha value is -4.91. The van der Waals surface area contributed by atoms with Crippen LogP contribution in [-0.4, -0.2) is 88.9 Å². The minimum Gasteiger partial charge on any atom is -0.494 e. The lowest BCUT2D eigenvalue weighted by atomic mass is 9.89. The van der Waals surface area contributed by atoms with Gasteiger partial charge in [0.25, 0.3) is 0 Å². The molecule has 0 bridgehead atoms. The van der Waals surface area contributed by atoms with E-state index in [0.29, 0.717) is 83.4 Å². The van der Waals surface area contributed by atoms with Crippen molar-refractivity contribution in [2.24, 2.45) is 0 Å². The lowest BCUT2D eigenvalue weighted by Gasteiger charge is -2.35. The minimum absolute atomic E-state index is 0.0544. The summed E-state index contributed by atoms with van der Waals surface area (Å²) in [5, 5.41) is 15.9. The molecule has 4 heterocycles. The molecule has 1 atom stereocenters. The number of fused-ring (bicyclic) bond motifs is 1. The first-order valence-corrected chi connectivity index (χ1v) is 24.4. The maximum Gasteiger partial charge on any atom is 0.234 e. The number of piperidine rings is 2. The zero-order valence-corrected chi connectivity index (χ0v) is 38.2. The number of nitrogens with one attached hydrogen (secondary N) is 5. The number of hydrogen-bond donors (Lipinski definition) is 5. The Morgan fingerprint density at radius 1 is 0.937 bits per heavy atom. The average molecular weight is 951 g/mol. The van der Waals surface area contributed by atoms with E-state index in [1.165, 1.54) is 28.3 Å². The highest BCUT2D eigenvalue weighted by molar-refractivity contribution is 9.10. The van der Waals surface area contributed by atoms with Gasteiger partial charge in [-0.1, -0.05) is 13.0 Å². The number of sulfonamides is 1. The van der Waals surface area contributed by atoms with Gasteiger partial charge >= 0.3 is 0 Å². The van der Waals surface area contributed by atoms with Gasteiger partial charge in [-0.2, -0.15) is 4.98 Å². The van der Waals surface area contributed by atoms with E-state index in [-0.39, 0.29) is 18.4 Å². The molecule has 14 nitrogen and oxygen atoms in total. The van der Waals surface area contributed by atoms with Crippen LogP contribution in [0.15, 0.2) is 47.1 Å².